The second-order valence-electron chi connectivity index (χ2n) is 4.34. The zero-order chi connectivity index (χ0) is 14.3. The van der Waals surface area contributed by atoms with Gasteiger partial charge in [-0.15, -0.1) is 10.2 Å². The van der Waals surface area contributed by atoms with E-state index in [4.69, 9.17) is 10.2 Å². The third kappa shape index (κ3) is 2.11. The van der Waals surface area contributed by atoms with Crippen LogP contribution in [-0.4, -0.2) is 26.3 Å². The fraction of sp³-hybridized carbons (Fsp3) is 0.500. The van der Waals surface area contributed by atoms with Crippen molar-refractivity contribution in [2.24, 2.45) is 5.73 Å². The van der Waals surface area contributed by atoms with Crippen LogP contribution in [-0.2, 0) is 25.8 Å². The first-order valence-corrected chi connectivity index (χ1v) is 5.87. The van der Waals surface area contributed by atoms with Crippen LogP contribution in [0.5, 0.6) is 0 Å². The van der Waals surface area contributed by atoms with Crippen LogP contribution in [0, 0.1) is 0 Å². The van der Waals surface area contributed by atoms with Gasteiger partial charge in [-0.25, -0.2) is 0 Å². The van der Waals surface area contributed by atoms with Crippen molar-refractivity contribution in [1.82, 2.24) is 19.7 Å². The van der Waals surface area contributed by atoms with Gasteiger partial charge >= 0.3 is 6.18 Å². The molecule has 3 rings (SSSR count). The Morgan fingerprint density at radius 1 is 1.30 bits per heavy atom. The quantitative estimate of drug-likeness (QED) is 0.878. The average Bonchev–Trinajstić information content (AvgIpc) is 3.03. The Labute approximate surface area is 111 Å². The van der Waals surface area contributed by atoms with Crippen LogP contribution in [0.15, 0.2) is 10.7 Å². The summed E-state index contributed by atoms with van der Waals surface area (Å²) in [6.07, 6.45) is -3.07. The second-order valence-corrected chi connectivity index (χ2v) is 4.34. The molecule has 0 spiro atoms. The van der Waals surface area contributed by atoms with Gasteiger partial charge in [-0.05, 0) is 0 Å². The van der Waals surface area contributed by atoms with Gasteiger partial charge in [0.25, 0.3) is 6.01 Å². The summed E-state index contributed by atoms with van der Waals surface area (Å²) in [5, 5.41) is 6.79. The number of nitrogens with zero attached hydrogens (tertiary/aromatic N) is 5. The lowest BCUT2D eigenvalue weighted by atomic mass is 10.3. The van der Waals surface area contributed by atoms with Crippen LogP contribution < -0.4 is 10.6 Å². The monoisotopic (exact) mass is 288 g/mol. The first-order chi connectivity index (χ1) is 9.49. The van der Waals surface area contributed by atoms with Crippen LogP contribution >= 0.6 is 0 Å². The number of anilines is 1. The highest BCUT2D eigenvalue weighted by Gasteiger charge is 2.39. The van der Waals surface area contributed by atoms with Gasteiger partial charge in [0.15, 0.2) is 5.82 Å². The number of nitrogens with two attached hydrogens (primary N) is 1. The number of oxazole rings is 1. The van der Waals surface area contributed by atoms with Gasteiger partial charge in [-0.1, -0.05) is 0 Å². The summed E-state index contributed by atoms with van der Waals surface area (Å²) in [5.41, 5.74) is 6.01. The van der Waals surface area contributed by atoms with Crippen LogP contribution in [0.1, 0.15) is 17.3 Å². The Kier molecular flexibility index (Phi) is 2.89. The van der Waals surface area contributed by atoms with Gasteiger partial charge in [0.05, 0.1) is 12.2 Å². The Morgan fingerprint density at radius 2 is 2.10 bits per heavy atom. The van der Waals surface area contributed by atoms with Crippen molar-refractivity contribution in [3.63, 3.8) is 0 Å². The van der Waals surface area contributed by atoms with E-state index in [0.717, 1.165) is 4.57 Å². The molecule has 0 radical (unpaired) electrons. The Morgan fingerprint density at radius 3 is 2.75 bits per heavy atom. The highest BCUT2D eigenvalue weighted by atomic mass is 19.4. The van der Waals surface area contributed by atoms with Gasteiger partial charge in [0.2, 0.25) is 5.82 Å². The number of alkyl halides is 3. The number of hydrogen-bond donors (Lipinski definition) is 1. The maximum absolute atomic E-state index is 12.7. The van der Waals surface area contributed by atoms with Crippen molar-refractivity contribution in [2.45, 2.75) is 25.8 Å². The number of aromatic nitrogens is 4. The molecule has 1 aliphatic heterocycles. The molecule has 7 nitrogen and oxygen atoms in total. The van der Waals surface area contributed by atoms with Crippen molar-refractivity contribution in [1.29, 1.82) is 0 Å². The number of hydrogen-bond acceptors (Lipinski definition) is 6. The largest absolute Gasteiger partial charge is 0.451 e. The van der Waals surface area contributed by atoms with Crippen molar-refractivity contribution in [2.75, 3.05) is 11.4 Å². The number of halogens is 3. The highest BCUT2D eigenvalue weighted by Crippen LogP contribution is 2.30. The molecule has 20 heavy (non-hydrogen) atoms. The summed E-state index contributed by atoms with van der Waals surface area (Å²) >= 11 is 0. The Bertz CT molecular complexity index is 619. The second kappa shape index (κ2) is 4.47. The normalized spacial score (nSPS) is 15.5. The predicted molar refractivity (Wildman–Crippen MR) is 60.5 cm³/mol. The fourth-order valence-corrected chi connectivity index (χ4v) is 2.07. The standard InChI is InChI=1S/C10H11F3N6O/c11-10(12,13)8-17-16-7-4-18(1-2-19(7)8)9-15-6(3-14)5-20-9/h5H,1-4,14H2. The van der Waals surface area contributed by atoms with Crippen molar-refractivity contribution in [3.05, 3.63) is 23.6 Å². The Balaban J connectivity index is 1.84. The minimum absolute atomic E-state index is 0.123. The van der Waals surface area contributed by atoms with Gasteiger partial charge in [0.1, 0.15) is 6.26 Å². The summed E-state index contributed by atoms with van der Waals surface area (Å²) in [7, 11) is 0. The molecule has 0 saturated carbocycles. The molecule has 2 aromatic heterocycles. The van der Waals surface area contributed by atoms with Gasteiger partial charge < -0.3 is 19.6 Å². The third-order valence-corrected chi connectivity index (χ3v) is 3.03. The van der Waals surface area contributed by atoms with E-state index in [9.17, 15) is 13.2 Å². The molecule has 3 heterocycles. The molecule has 0 amide bonds. The molecule has 0 aromatic carbocycles. The SMILES string of the molecule is NCc1coc(N2CCn3c(nnc3C(F)(F)F)C2)n1. The molecule has 0 unspecified atom stereocenters. The molecule has 0 aliphatic carbocycles. The first-order valence-electron chi connectivity index (χ1n) is 5.87. The van der Waals surface area contributed by atoms with Crippen LogP contribution in [0.3, 0.4) is 0 Å². The van der Waals surface area contributed by atoms with E-state index in [0.29, 0.717) is 18.3 Å². The lowest BCUT2D eigenvalue weighted by Gasteiger charge is -2.26. The van der Waals surface area contributed by atoms with Gasteiger partial charge in [-0.2, -0.15) is 18.2 Å². The fourth-order valence-electron chi connectivity index (χ4n) is 2.07. The maximum atomic E-state index is 12.7. The molecule has 108 valence electrons. The van der Waals surface area contributed by atoms with Crippen LogP contribution in [0.2, 0.25) is 0 Å². The van der Waals surface area contributed by atoms with E-state index in [-0.39, 0.29) is 25.5 Å². The highest BCUT2D eigenvalue weighted by molar-refractivity contribution is 5.29. The lowest BCUT2D eigenvalue weighted by molar-refractivity contribution is -0.147. The van der Waals surface area contributed by atoms with Crippen LogP contribution in [0.25, 0.3) is 0 Å². The molecular formula is C10H11F3N6O. The van der Waals surface area contributed by atoms with E-state index >= 15 is 0 Å². The summed E-state index contributed by atoms with van der Waals surface area (Å²) in [6.45, 7) is 0.857. The minimum Gasteiger partial charge on any atom is -0.432 e. The molecule has 2 N–H and O–H groups in total. The predicted octanol–water partition coefficient (Wildman–Crippen LogP) is 0.764. The molecule has 1 aliphatic rings. The zero-order valence-corrected chi connectivity index (χ0v) is 10.3. The van der Waals surface area contributed by atoms with Gasteiger partial charge in [0, 0.05) is 19.6 Å². The maximum Gasteiger partial charge on any atom is 0.451 e. The van der Waals surface area contributed by atoms with Gasteiger partial charge in [-0.3, -0.25) is 0 Å². The smallest absolute Gasteiger partial charge is 0.432 e. The average molecular weight is 288 g/mol. The molecule has 0 saturated heterocycles. The molecule has 0 atom stereocenters. The minimum atomic E-state index is -4.50. The van der Waals surface area contributed by atoms with E-state index in [1.807, 2.05) is 0 Å². The number of rotatable bonds is 2. The van der Waals surface area contributed by atoms with Crippen LogP contribution in [0.4, 0.5) is 19.2 Å². The molecule has 0 fully saturated rings. The van der Waals surface area contributed by atoms with E-state index in [1.165, 1.54) is 6.26 Å². The first kappa shape index (κ1) is 12.9. The molecular weight excluding hydrogens is 277 g/mol. The van der Waals surface area contributed by atoms with E-state index in [2.05, 4.69) is 15.2 Å². The van der Waals surface area contributed by atoms with Crippen molar-refractivity contribution < 1.29 is 17.6 Å². The summed E-state index contributed by atoms with van der Waals surface area (Å²) in [4.78, 5) is 5.83. The summed E-state index contributed by atoms with van der Waals surface area (Å²) in [5.74, 6) is -0.738. The Hall–Kier alpha value is -2.10. The van der Waals surface area contributed by atoms with E-state index < -0.39 is 12.0 Å². The summed E-state index contributed by atoms with van der Waals surface area (Å²) in [6, 6.07) is 0.327. The molecule has 10 heteroatoms. The third-order valence-electron chi connectivity index (χ3n) is 3.03. The molecule has 0 bridgehead atoms. The lowest BCUT2D eigenvalue weighted by Crippen LogP contribution is -2.35. The van der Waals surface area contributed by atoms with Crippen molar-refractivity contribution >= 4 is 6.01 Å². The van der Waals surface area contributed by atoms with E-state index in [1.54, 1.807) is 4.90 Å². The zero-order valence-electron chi connectivity index (χ0n) is 10.3. The number of fused-ring (bicyclic) bond motifs is 1. The summed E-state index contributed by atoms with van der Waals surface area (Å²) < 4.78 is 44.4. The molecule has 2 aromatic rings. The van der Waals surface area contributed by atoms with Crippen molar-refractivity contribution in [3.8, 4) is 0 Å². The topological polar surface area (TPSA) is 86.0 Å².